The molecule has 0 aromatic carbocycles. The van der Waals surface area contributed by atoms with Gasteiger partial charge in [0, 0.05) is 24.1 Å². The topological polar surface area (TPSA) is 63.5 Å². The first-order valence-corrected chi connectivity index (χ1v) is 7.97. The summed E-state index contributed by atoms with van der Waals surface area (Å²) < 4.78 is 1.54. The Morgan fingerprint density at radius 1 is 1.43 bits per heavy atom. The number of aryl methyl sites for hydroxylation is 1. The molecule has 2 heterocycles. The maximum Gasteiger partial charge on any atom is 0.258 e. The zero-order valence-corrected chi connectivity index (χ0v) is 13.2. The van der Waals surface area contributed by atoms with Gasteiger partial charge in [0.15, 0.2) is 0 Å². The minimum atomic E-state index is -0.0917. The number of nitrogens with one attached hydrogen (secondary N) is 1. The summed E-state index contributed by atoms with van der Waals surface area (Å²) in [5, 5.41) is 2.83. The fourth-order valence-corrected chi connectivity index (χ4v) is 2.67. The highest BCUT2D eigenvalue weighted by Gasteiger charge is 2.06. The van der Waals surface area contributed by atoms with Gasteiger partial charge in [0.1, 0.15) is 5.65 Å². The molecule has 2 rings (SSSR count). The van der Waals surface area contributed by atoms with E-state index in [4.69, 9.17) is 0 Å². The molecule has 0 aliphatic carbocycles. The van der Waals surface area contributed by atoms with Crippen LogP contribution in [0, 0.1) is 6.92 Å². The van der Waals surface area contributed by atoms with Gasteiger partial charge in [-0.25, -0.2) is 4.98 Å². The predicted molar refractivity (Wildman–Crippen MR) is 85.6 cm³/mol. The van der Waals surface area contributed by atoms with Gasteiger partial charge in [-0.1, -0.05) is 6.07 Å². The summed E-state index contributed by atoms with van der Waals surface area (Å²) in [7, 11) is 0. The van der Waals surface area contributed by atoms with Crippen molar-refractivity contribution in [2.45, 2.75) is 32.6 Å². The van der Waals surface area contributed by atoms with Crippen LogP contribution in [0.15, 0.2) is 29.2 Å². The highest BCUT2D eigenvalue weighted by atomic mass is 32.2. The van der Waals surface area contributed by atoms with Crippen molar-refractivity contribution in [1.82, 2.24) is 14.7 Å². The number of nitrogens with zero attached hydrogens (tertiary/aromatic N) is 2. The van der Waals surface area contributed by atoms with E-state index in [1.165, 1.54) is 22.2 Å². The first-order chi connectivity index (χ1) is 9.95. The number of amides is 1. The Bertz CT molecular complexity index is 710. The van der Waals surface area contributed by atoms with Crippen molar-refractivity contribution >= 4 is 23.3 Å². The van der Waals surface area contributed by atoms with E-state index in [9.17, 15) is 9.59 Å². The zero-order chi connectivity index (χ0) is 15.4. The fourth-order valence-electron chi connectivity index (χ4n) is 1.94. The number of carbonyl (C=O) groups is 1. The molecule has 0 radical (unpaired) electrons. The van der Waals surface area contributed by atoms with E-state index in [0.717, 1.165) is 5.56 Å². The van der Waals surface area contributed by atoms with Gasteiger partial charge < -0.3 is 5.32 Å². The number of thioether (sulfide) groups is 1. The van der Waals surface area contributed by atoms with E-state index < -0.39 is 0 Å². The molecule has 1 amide bonds. The Balaban J connectivity index is 2.05. The lowest BCUT2D eigenvalue weighted by Crippen LogP contribution is -2.31. The summed E-state index contributed by atoms with van der Waals surface area (Å²) in [5.74, 6) is 0.918. The van der Waals surface area contributed by atoms with E-state index in [1.54, 1.807) is 6.20 Å². The number of aromatic nitrogens is 2. The van der Waals surface area contributed by atoms with Crippen LogP contribution in [-0.2, 0) is 10.5 Å². The fraction of sp³-hybridized carbons (Fsp3) is 0.400. The molecule has 0 bridgehead atoms. The average molecular weight is 305 g/mol. The van der Waals surface area contributed by atoms with Crippen LogP contribution in [0.1, 0.15) is 25.1 Å². The van der Waals surface area contributed by atoms with Crippen LogP contribution in [-0.4, -0.2) is 27.1 Å². The molecular formula is C15H19N3O2S. The van der Waals surface area contributed by atoms with Crippen molar-refractivity contribution in [3.8, 4) is 0 Å². The number of pyridine rings is 1. The third-order valence-electron chi connectivity index (χ3n) is 2.79. The van der Waals surface area contributed by atoms with E-state index in [1.807, 2.05) is 32.9 Å². The standard InChI is InChI=1S/C15H19N3O2S/c1-10(2)16-14(19)9-21-8-12-6-15(20)18-7-11(3)4-5-13(18)17-12/h4-7,10H,8-9H2,1-3H3,(H,16,19). The highest BCUT2D eigenvalue weighted by Crippen LogP contribution is 2.10. The summed E-state index contributed by atoms with van der Waals surface area (Å²) in [6, 6.07) is 5.43. The molecule has 0 spiro atoms. The lowest BCUT2D eigenvalue weighted by Gasteiger charge is -2.08. The van der Waals surface area contributed by atoms with Gasteiger partial charge in [0.05, 0.1) is 11.4 Å². The number of rotatable bonds is 5. The zero-order valence-electron chi connectivity index (χ0n) is 12.4. The van der Waals surface area contributed by atoms with Crippen molar-refractivity contribution < 1.29 is 4.79 Å². The monoisotopic (exact) mass is 305 g/mol. The van der Waals surface area contributed by atoms with Gasteiger partial charge in [-0.2, -0.15) is 0 Å². The Morgan fingerprint density at radius 2 is 2.19 bits per heavy atom. The molecule has 112 valence electrons. The summed E-state index contributed by atoms with van der Waals surface area (Å²) in [4.78, 5) is 28.0. The quantitative estimate of drug-likeness (QED) is 0.914. The number of hydrogen-bond donors (Lipinski definition) is 1. The molecule has 0 saturated heterocycles. The van der Waals surface area contributed by atoms with Gasteiger partial charge in [-0.05, 0) is 32.4 Å². The van der Waals surface area contributed by atoms with E-state index >= 15 is 0 Å². The first-order valence-electron chi connectivity index (χ1n) is 6.82. The van der Waals surface area contributed by atoms with Crippen LogP contribution < -0.4 is 10.9 Å². The Labute approximate surface area is 127 Å². The molecule has 0 aliphatic heterocycles. The van der Waals surface area contributed by atoms with Gasteiger partial charge >= 0.3 is 0 Å². The van der Waals surface area contributed by atoms with Crippen LogP contribution in [0.3, 0.4) is 0 Å². The Morgan fingerprint density at radius 3 is 2.90 bits per heavy atom. The number of carbonyl (C=O) groups excluding carboxylic acids is 1. The number of hydrogen-bond acceptors (Lipinski definition) is 4. The average Bonchev–Trinajstić information content (AvgIpc) is 2.39. The summed E-state index contributed by atoms with van der Waals surface area (Å²) in [6.07, 6.45) is 1.78. The molecule has 0 saturated carbocycles. The van der Waals surface area contributed by atoms with Crippen molar-refractivity contribution in [2.75, 3.05) is 5.75 Å². The molecule has 2 aromatic heterocycles. The summed E-state index contributed by atoms with van der Waals surface area (Å²) >= 11 is 1.45. The molecule has 0 atom stereocenters. The largest absolute Gasteiger partial charge is 0.353 e. The normalized spacial score (nSPS) is 11.0. The molecular weight excluding hydrogens is 286 g/mol. The van der Waals surface area contributed by atoms with Crippen molar-refractivity contribution in [3.05, 3.63) is 46.0 Å². The number of fused-ring (bicyclic) bond motifs is 1. The minimum absolute atomic E-state index is 0.00290. The molecule has 2 aromatic rings. The van der Waals surface area contributed by atoms with Crippen LogP contribution >= 0.6 is 11.8 Å². The molecule has 6 heteroatoms. The Hall–Kier alpha value is -1.82. The summed E-state index contributed by atoms with van der Waals surface area (Å²) in [6.45, 7) is 5.79. The third-order valence-corrected chi connectivity index (χ3v) is 3.76. The smallest absolute Gasteiger partial charge is 0.258 e. The minimum Gasteiger partial charge on any atom is -0.353 e. The molecule has 5 nitrogen and oxygen atoms in total. The van der Waals surface area contributed by atoms with Crippen LogP contribution in [0.25, 0.3) is 5.65 Å². The van der Waals surface area contributed by atoms with Gasteiger partial charge in [-0.3, -0.25) is 14.0 Å². The van der Waals surface area contributed by atoms with Crippen LogP contribution in [0.5, 0.6) is 0 Å². The third kappa shape index (κ3) is 4.32. The molecule has 1 N–H and O–H groups in total. The van der Waals surface area contributed by atoms with Crippen molar-refractivity contribution in [2.24, 2.45) is 0 Å². The van der Waals surface area contributed by atoms with Crippen molar-refractivity contribution in [1.29, 1.82) is 0 Å². The molecule has 21 heavy (non-hydrogen) atoms. The van der Waals surface area contributed by atoms with Gasteiger partial charge in [-0.15, -0.1) is 11.8 Å². The van der Waals surface area contributed by atoms with Crippen LogP contribution in [0.4, 0.5) is 0 Å². The first kappa shape index (κ1) is 15.6. The van der Waals surface area contributed by atoms with Crippen LogP contribution in [0.2, 0.25) is 0 Å². The van der Waals surface area contributed by atoms with Gasteiger partial charge in [0.25, 0.3) is 5.56 Å². The SMILES string of the molecule is Cc1ccc2nc(CSCC(=O)NC(C)C)cc(=O)n2c1. The lowest BCUT2D eigenvalue weighted by atomic mass is 10.3. The summed E-state index contributed by atoms with van der Waals surface area (Å²) in [5.41, 5.74) is 2.26. The van der Waals surface area contributed by atoms with E-state index in [-0.39, 0.29) is 17.5 Å². The second-order valence-corrected chi connectivity index (χ2v) is 6.22. The van der Waals surface area contributed by atoms with E-state index in [0.29, 0.717) is 22.8 Å². The molecule has 0 fully saturated rings. The molecule has 0 unspecified atom stereocenters. The highest BCUT2D eigenvalue weighted by molar-refractivity contribution is 7.99. The lowest BCUT2D eigenvalue weighted by molar-refractivity contribution is -0.119. The Kier molecular flexibility index (Phi) is 5.01. The second kappa shape index (κ2) is 6.76. The maximum atomic E-state index is 12.0. The van der Waals surface area contributed by atoms with Crippen molar-refractivity contribution in [3.63, 3.8) is 0 Å². The van der Waals surface area contributed by atoms with Gasteiger partial charge in [0.2, 0.25) is 5.91 Å². The second-order valence-electron chi connectivity index (χ2n) is 5.24. The predicted octanol–water partition coefficient (Wildman–Crippen LogP) is 1.76. The maximum absolute atomic E-state index is 12.0. The van der Waals surface area contributed by atoms with E-state index in [2.05, 4.69) is 10.3 Å². The molecule has 0 aliphatic rings.